The number of carbonyl (C=O) groups is 1. The van der Waals surface area contributed by atoms with Crippen LogP contribution in [0.15, 0.2) is 30.9 Å². The Morgan fingerprint density at radius 3 is 2.88 bits per heavy atom. The van der Waals surface area contributed by atoms with Crippen LogP contribution in [0.25, 0.3) is 27.8 Å². The van der Waals surface area contributed by atoms with Gasteiger partial charge in [0.15, 0.2) is 5.65 Å². The van der Waals surface area contributed by atoms with E-state index in [1.807, 2.05) is 29.4 Å². The number of carbonyl (C=O) groups excluding carboxylic acids is 1. The zero-order valence-electron chi connectivity index (χ0n) is 18.7. The molecule has 0 unspecified atom stereocenters. The van der Waals surface area contributed by atoms with Crippen LogP contribution >= 0.6 is 0 Å². The van der Waals surface area contributed by atoms with Gasteiger partial charge in [0.1, 0.15) is 12.0 Å². The van der Waals surface area contributed by atoms with Crippen molar-refractivity contribution < 1.29 is 9.53 Å². The maximum absolute atomic E-state index is 12.9. The van der Waals surface area contributed by atoms with Gasteiger partial charge < -0.3 is 19.9 Å². The number of aromatic amines is 1. The minimum atomic E-state index is -0.295. The van der Waals surface area contributed by atoms with Crippen LogP contribution in [0.3, 0.4) is 0 Å². The molecule has 170 valence electrons. The first-order chi connectivity index (χ1) is 16.0. The lowest BCUT2D eigenvalue weighted by molar-refractivity contribution is -0.145. The lowest BCUT2D eigenvalue weighted by Crippen LogP contribution is -2.53. The highest BCUT2D eigenvalue weighted by atomic mass is 16.5. The van der Waals surface area contributed by atoms with Crippen molar-refractivity contribution in [2.45, 2.75) is 38.6 Å². The zero-order valence-corrected chi connectivity index (χ0v) is 18.7. The number of pyridine rings is 1. The average Bonchev–Trinajstić information content (AvgIpc) is 3.56. The van der Waals surface area contributed by atoms with Gasteiger partial charge in [-0.3, -0.25) is 4.79 Å². The second-order valence-electron chi connectivity index (χ2n) is 9.27. The fourth-order valence-corrected chi connectivity index (χ4v) is 5.21. The molecule has 33 heavy (non-hydrogen) atoms. The summed E-state index contributed by atoms with van der Waals surface area (Å²) in [6, 6.07) is 4.10. The number of anilines is 1. The molecule has 4 aromatic heterocycles. The van der Waals surface area contributed by atoms with Crippen molar-refractivity contribution in [1.82, 2.24) is 34.4 Å². The molecule has 5 heterocycles. The highest BCUT2D eigenvalue weighted by Gasteiger charge is 2.48. The number of aromatic nitrogens is 6. The lowest BCUT2D eigenvalue weighted by atomic mass is 9.66. The van der Waals surface area contributed by atoms with Crippen LogP contribution in [0.1, 0.15) is 32.6 Å². The monoisotopic (exact) mass is 446 g/mol. The van der Waals surface area contributed by atoms with E-state index < -0.39 is 0 Å². The van der Waals surface area contributed by atoms with E-state index in [1.165, 1.54) is 6.33 Å². The summed E-state index contributed by atoms with van der Waals surface area (Å²) in [6.45, 7) is 3.85. The Kier molecular flexibility index (Phi) is 4.49. The molecular weight excluding hydrogens is 420 g/mol. The number of rotatable bonds is 5. The number of likely N-dealkylation sites (tertiary alicyclic amines) is 1. The standard InChI is InChI=1S/C23H26N8O2/c1-23(21(32)30-6-3-4-7-30)10-15(11-23)27-22-28-19-18(20(29-22)33-2)16(12-24-19)14-5-8-31-17(9-14)25-13-26-31/h5,8-9,12-13,15H,3-4,6-7,10-11H2,1-2H3,(H2,24,27,28,29)/t15-,23-. The minimum absolute atomic E-state index is 0.161. The molecule has 6 rings (SSSR count). The Morgan fingerprint density at radius 1 is 1.27 bits per heavy atom. The molecule has 0 atom stereocenters. The van der Waals surface area contributed by atoms with Gasteiger partial charge in [0.05, 0.1) is 17.9 Å². The van der Waals surface area contributed by atoms with Gasteiger partial charge in [-0.1, -0.05) is 6.92 Å². The van der Waals surface area contributed by atoms with Crippen molar-refractivity contribution in [3.63, 3.8) is 0 Å². The summed E-state index contributed by atoms with van der Waals surface area (Å²) >= 11 is 0. The number of fused-ring (bicyclic) bond motifs is 2. The SMILES string of the molecule is COc1nc(N[C@H]2C[C@](C)(C(=O)N3CCCC3)C2)nc2[nH]cc(-c3ccn4ncnc4c3)c12. The molecule has 0 spiro atoms. The molecule has 0 bridgehead atoms. The van der Waals surface area contributed by atoms with E-state index in [-0.39, 0.29) is 17.4 Å². The predicted molar refractivity (Wildman–Crippen MR) is 123 cm³/mol. The Bertz CT molecular complexity index is 1350. The Labute approximate surface area is 190 Å². The molecule has 1 saturated carbocycles. The van der Waals surface area contributed by atoms with Gasteiger partial charge in [-0.05, 0) is 43.4 Å². The Balaban J connectivity index is 1.24. The molecule has 2 fully saturated rings. The van der Waals surface area contributed by atoms with Crippen LogP contribution in [0, 0.1) is 5.41 Å². The van der Waals surface area contributed by atoms with Gasteiger partial charge in [-0.25, -0.2) is 9.50 Å². The third-order valence-electron chi connectivity index (χ3n) is 6.92. The van der Waals surface area contributed by atoms with Crippen LogP contribution in [0.4, 0.5) is 5.95 Å². The highest BCUT2D eigenvalue weighted by Crippen LogP contribution is 2.44. The maximum atomic E-state index is 12.9. The van der Waals surface area contributed by atoms with Crippen LogP contribution in [0.5, 0.6) is 5.88 Å². The first-order valence-corrected chi connectivity index (χ1v) is 11.3. The van der Waals surface area contributed by atoms with Crippen molar-refractivity contribution in [3.8, 4) is 17.0 Å². The fraction of sp³-hybridized carbons (Fsp3) is 0.435. The quantitative estimate of drug-likeness (QED) is 0.485. The second-order valence-corrected chi connectivity index (χ2v) is 9.27. The zero-order chi connectivity index (χ0) is 22.6. The molecule has 10 nitrogen and oxygen atoms in total. The second kappa shape index (κ2) is 7.43. The summed E-state index contributed by atoms with van der Waals surface area (Å²) in [5, 5.41) is 8.37. The normalized spacial score (nSPS) is 22.6. The summed E-state index contributed by atoms with van der Waals surface area (Å²) in [6.07, 6.45) is 9.09. The van der Waals surface area contributed by atoms with E-state index in [4.69, 9.17) is 4.74 Å². The molecule has 1 saturated heterocycles. The topological polar surface area (TPSA) is 113 Å². The van der Waals surface area contributed by atoms with Crippen LogP contribution in [0.2, 0.25) is 0 Å². The number of nitrogens with zero attached hydrogens (tertiary/aromatic N) is 6. The van der Waals surface area contributed by atoms with E-state index in [0.29, 0.717) is 17.5 Å². The molecule has 10 heteroatoms. The average molecular weight is 447 g/mol. The van der Waals surface area contributed by atoms with Crippen molar-refractivity contribution in [2.75, 3.05) is 25.5 Å². The number of ether oxygens (including phenoxy) is 1. The smallest absolute Gasteiger partial charge is 0.228 e. The number of hydrogen-bond donors (Lipinski definition) is 2. The lowest BCUT2D eigenvalue weighted by Gasteiger charge is -2.45. The highest BCUT2D eigenvalue weighted by molar-refractivity contribution is 5.98. The molecule has 0 radical (unpaired) electrons. The molecule has 1 aliphatic heterocycles. The number of H-pyrrole nitrogens is 1. The molecule has 2 N–H and O–H groups in total. The van der Waals surface area contributed by atoms with Gasteiger partial charge in [0, 0.05) is 37.1 Å². The third kappa shape index (κ3) is 3.28. The van der Waals surface area contributed by atoms with Gasteiger partial charge in [0.25, 0.3) is 0 Å². The summed E-state index contributed by atoms with van der Waals surface area (Å²) < 4.78 is 7.35. The van der Waals surface area contributed by atoms with E-state index in [0.717, 1.165) is 60.9 Å². The summed E-state index contributed by atoms with van der Waals surface area (Å²) in [4.78, 5) is 31.7. The van der Waals surface area contributed by atoms with Crippen molar-refractivity contribution in [2.24, 2.45) is 5.41 Å². The summed E-state index contributed by atoms with van der Waals surface area (Å²) in [5.41, 5.74) is 3.06. The fourth-order valence-electron chi connectivity index (χ4n) is 5.21. The number of nitrogens with one attached hydrogen (secondary N) is 2. The first-order valence-electron chi connectivity index (χ1n) is 11.3. The number of methoxy groups -OCH3 is 1. The summed E-state index contributed by atoms with van der Waals surface area (Å²) in [5.74, 6) is 1.28. The first kappa shape index (κ1) is 20.0. The number of amides is 1. The van der Waals surface area contributed by atoms with Crippen molar-refractivity contribution >= 4 is 28.5 Å². The van der Waals surface area contributed by atoms with Gasteiger partial charge >= 0.3 is 0 Å². The largest absolute Gasteiger partial charge is 0.480 e. The molecule has 4 aromatic rings. The van der Waals surface area contributed by atoms with E-state index in [1.54, 1.807) is 11.6 Å². The molecule has 0 aromatic carbocycles. The maximum Gasteiger partial charge on any atom is 0.228 e. The van der Waals surface area contributed by atoms with Gasteiger partial charge in [-0.15, -0.1) is 0 Å². The third-order valence-corrected chi connectivity index (χ3v) is 6.92. The van der Waals surface area contributed by atoms with Gasteiger partial charge in [0.2, 0.25) is 17.7 Å². The molecule has 1 amide bonds. The van der Waals surface area contributed by atoms with Crippen LogP contribution in [-0.2, 0) is 4.79 Å². The van der Waals surface area contributed by atoms with Crippen molar-refractivity contribution in [1.29, 1.82) is 0 Å². The molecular formula is C23H26N8O2. The van der Waals surface area contributed by atoms with Gasteiger partial charge in [-0.2, -0.15) is 15.1 Å². The van der Waals surface area contributed by atoms with Crippen LogP contribution in [-0.4, -0.2) is 66.6 Å². The molecule has 1 aliphatic carbocycles. The number of hydrogen-bond acceptors (Lipinski definition) is 7. The predicted octanol–water partition coefficient (Wildman–Crippen LogP) is 2.88. The Morgan fingerprint density at radius 2 is 2.09 bits per heavy atom. The van der Waals surface area contributed by atoms with Crippen LogP contribution < -0.4 is 10.1 Å². The van der Waals surface area contributed by atoms with E-state index >= 15 is 0 Å². The van der Waals surface area contributed by atoms with Crippen molar-refractivity contribution in [3.05, 3.63) is 30.9 Å². The molecule has 2 aliphatic rings. The van der Waals surface area contributed by atoms with E-state index in [2.05, 4.69) is 37.3 Å². The Hall–Kier alpha value is -3.69. The van der Waals surface area contributed by atoms with E-state index in [9.17, 15) is 4.79 Å². The minimum Gasteiger partial charge on any atom is -0.480 e. The summed E-state index contributed by atoms with van der Waals surface area (Å²) in [7, 11) is 1.61.